The quantitative estimate of drug-likeness (QED) is 0.740. The summed E-state index contributed by atoms with van der Waals surface area (Å²) >= 11 is 1.41. The van der Waals surface area contributed by atoms with Crippen LogP contribution >= 0.6 is 11.8 Å². The summed E-state index contributed by atoms with van der Waals surface area (Å²) in [5, 5.41) is 9.62. The minimum atomic E-state index is 0.651. The predicted octanol–water partition coefficient (Wildman–Crippen LogP) is 2.81. The molecular formula is C12H9N3S. The molecule has 3 nitrogen and oxygen atoms in total. The van der Waals surface area contributed by atoms with Gasteiger partial charge in [-0.2, -0.15) is 5.26 Å². The molecule has 2 rings (SSSR count). The first-order chi connectivity index (χ1) is 7.79. The summed E-state index contributed by atoms with van der Waals surface area (Å²) in [5.74, 6) is 0. The van der Waals surface area contributed by atoms with E-state index < -0.39 is 0 Å². The molecule has 0 bridgehead atoms. The molecule has 78 valence electrons. The zero-order valence-corrected chi connectivity index (χ0v) is 9.53. The third kappa shape index (κ3) is 2.38. The summed E-state index contributed by atoms with van der Waals surface area (Å²) in [6, 6.07) is 11.4. The fourth-order valence-corrected chi connectivity index (χ4v) is 2.09. The van der Waals surface area contributed by atoms with Gasteiger partial charge in [-0.25, -0.2) is 9.97 Å². The van der Waals surface area contributed by atoms with Crippen molar-refractivity contribution in [2.24, 2.45) is 0 Å². The molecule has 0 saturated heterocycles. The van der Waals surface area contributed by atoms with E-state index in [0.29, 0.717) is 10.7 Å². The van der Waals surface area contributed by atoms with Gasteiger partial charge < -0.3 is 0 Å². The van der Waals surface area contributed by atoms with Crippen LogP contribution in [-0.2, 0) is 0 Å². The highest BCUT2D eigenvalue weighted by atomic mass is 32.2. The summed E-state index contributed by atoms with van der Waals surface area (Å²) in [6.45, 7) is 1.92. The van der Waals surface area contributed by atoms with Gasteiger partial charge >= 0.3 is 0 Å². The smallest absolute Gasteiger partial charge is 0.192 e. The highest BCUT2D eigenvalue weighted by Crippen LogP contribution is 2.27. The first-order valence-corrected chi connectivity index (χ1v) is 5.58. The van der Waals surface area contributed by atoms with Crippen LogP contribution in [0.25, 0.3) is 0 Å². The van der Waals surface area contributed by atoms with Gasteiger partial charge in [-0.3, -0.25) is 0 Å². The number of nitrogens with zero attached hydrogens (tertiary/aromatic N) is 3. The molecule has 0 N–H and O–H groups in total. The molecular weight excluding hydrogens is 218 g/mol. The van der Waals surface area contributed by atoms with Crippen molar-refractivity contribution in [3.8, 4) is 6.07 Å². The van der Waals surface area contributed by atoms with Crippen LogP contribution in [0.2, 0.25) is 0 Å². The lowest BCUT2D eigenvalue weighted by Crippen LogP contribution is -1.89. The topological polar surface area (TPSA) is 49.6 Å². The van der Waals surface area contributed by atoms with Crippen LogP contribution in [-0.4, -0.2) is 9.97 Å². The standard InChI is InChI=1S/C12H9N3S/c1-9-6-7-14-12(15-9)16-11-5-3-2-4-10(11)8-13/h2-7H,1H3. The molecule has 0 aliphatic carbocycles. The second-order valence-corrected chi connectivity index (χ2v) is 4.20. The molecule has 16 heavy (non-hydrogen) atoms. The van der Waals surface area contributed by atoms with Gasteiger partial charge in [0.1, 0.15) is 6.07 Å². The predicted molar refractivity (Wildman–Crippen MR) is 62.0 cm³/mol. The lowest BCUT2D eigenvalue weighted by molar-refractivity contribution is 0.932. The van der Waals surface area contributed by atoms with E-state index in [1.807, 2.05) is 31.2 Å². The average Bonchev–Trinajstić information content (AvgIpc) is 2.30. The normalized spacial score (nSPS) is 9.75. The van der Waals surface area contributed by atoms with Gasteiger partial charge in [0.2, 0.25) is 0 Å². The second kappa shape index (κ2) is 4.77. The zero-order chi connectivity index (χ0) is 11.4. The van der Waals surface area contributed by atoms with Crippen LogP contribution in [0.3, 0.4) is 0 Å². The van der Waals surface area contributed by atoms with Crippen molar-refractivity contribution < 1.29 is 0 Å². The van der Waals surface area contributed by atoms with E-state index in [4.69, 9.17) is 5.26 Å². The number of hydrogen-bond acceptors (Lipinski definition) is 4. The maximum Gasteiger partial charge on any atom is 0.192 e. The molecule has 0 saturated carbocycles. The lowest BCUT2D eigenvalue weighted by atomic mass is 10.2. The molecule has 0 spiro atoms. The molecule has 0 fully saturated rings. The van der Waals surface area contributed by atoms with Crippen LogP contribution in [0, 0.1) is 18.3 Å². The van der Waals surface area contributed by atoms with E-state index in [2.05, 4.69) is 16.0 Å². The largest absolute Gasteiger partial charge is 0.231 e. The third-order valence-corrected chi connectivity index (χ3v) is 2.94. The minimum absolute atomic E-state index is 0.651. The Morgan fingerprint density at radius 2 is 2.06 bits per heavy atom. The van der Waals surface area contributed by atoms with E-state index in [1.165, 1.54) is 11.8 Å². The Labute approximate surface area is 98.2 Å². The molecule has 0 aliphatic heterocycles. The van der Waals surface area contributed by atoms with Crippen molar-refractivity contribution in [2.45, 2.75) is 17.0 Å². The van der Waals surface area contributed by atoms with Gasteiger partial charge in [-0.05, 0) is 36.9 Å². The fourth-order valence-electron chi connectivity index (χ4n) is 1.22. The third-order valence-electron chi connectivity index (χ3n) is 1.98. The molecule has 1 aromatic carbocycles. The number of benzene rings is 1. The summed E-state index contributed by atoms with van der Waals surface area (Å²) in [6.07, 6.45) is 1.72. The van der Waals surface area contributed by atoms with Crippen LogP contribution < -0.4 is 0 Å². The summed E-state index contributed by atoms with van der Waals surface area (Å²) in [7, 11) is 0. The number of nitriles is 1. The monoisotopic (exact) mass is 227 g/mol. The van der Waals surface area contributed by atoms with E-state index >= 15 is 0 Å². The first kappa shape index (κ1) is 10.7. The second-order valence-electron chi connectivity index (χ2n) is 3.19. The van der Waals surface area contributed by atoms with E-state index in [1.54, 1.807) is 12.3 Å². The molecule has 1 heterocycles. The van der Waals surface area contributed by atoms with Crippen molar-refractivity contribution in [3.63, 3.8) is 0 Å². The molecule has 0 amide bonds. The summed E-state index contributed by atoms with van der Waals surface area (Å²) in [5.41, 5.74) is 1.57. The van der Waals surface area contributed by atoms with Crippen molar-refractivity contribution in [1.29, 1.82) is 5.26 Å². The van der Waals surface area contributed by atoms with Crippen molar-refractivity contribution >= 4 is 11.8 Å². The van der Waals surface area contributed by atoms with Gasteiger partial charge in [-0.15, -0.1) is 0 Å². The zero-order valence-electron chi connectivity index (χ0n) is 8.71. The molecule has 0 radical (unpaired) electrons. The number of aromatic nitrogens is 2. The molecule has 0 unspecified atom stereocenters. The van der Waals surface area contributed by atoms with Gasteiger partial charge in [0.05, 0.1) is 5.56 Å². The van der Waals surface area contributed by atoms with Gasteiger partial charge in [0.15, 0.2) is 5.16 Å². The SMILES string of the molecule is Cc1ccnc(Sc2ccccc2C#N)n1. The van der Waals surface area contributed by atoms with Crippen molar-refractivity contribution in [1.82, 2.24) is 9.97 Å². The molecule has 0 aliphatic rings. The lowest BCUT2D eigenvalue weighted by Gasteiger charge is -2.02. The Morgan fingerprint density at radius 3 is 2.81 bits per heavy atom. The maximum atomic E-state index is 8.95. The highest BCUT2D eigenvalue weighted by molar-refractivity contribution is 7.99. The Balaban J connectivity index is 2.31. The van der Waals surface area contributed by atoms with Crippen LogP contribution in [0.5, 0.6) is 0 Å². The molecule has 2 aromatic rings. The van der Waals surface area contributed by atoms with Crippen LogP contribution in [0.15, 0.2) is 46.6 Å². The maximum absolute atomic E-state index is 8.95. The van der Waals surface area contributed by atoms with Crippen molar-refractivity contribution in [2.75, 3.05) is 0 Å². The molecule has 1 aromatic heterocycles. The Kier molecular flexibility index (Phi) is 3.18. The van der Waals surface area contributed by atoms with Crippen LogP contribution in [0.4, 0.5) is 0 Å². The van der Waals surface area contributed by atoms with Crippen molar-refractivity contribution in [3.05, 3.63) is 47.8 Å². The molecule has 4 heteroatoms. The number of aryl methyl sites for hydroxylation is 1. The number of hydrogen-bond donors (Lipinski definition) is 0. The Morgan fingerprint density at radius 1 is 1.25 bits per heavy atom. The van der Waals surface area contributed by atoms with E-state index in [9.17, 15) is 0 Å². The van der Waals surface area contributed by atoms with Gasteiger partial charge in [0.25, 0.3) is 0 Å². The van der Waals surface area contributed by atoms with E-state index in [-0.39, 0.29) is 0 Å². The molecule has 0 atom stereocenters. The van der Waals surface area contributed by atoms with Crippen LogP contribution in [0.1, 0.15) is 11.3 Å². The van der Waals surface area contributed by atoms with Gasteiger partial charge in [-0.1, -0.05) is 12.1 Å². The highest BCUT2D eigenvalue weighted by Gasteiger charge is 2.04. The first-order valence-electron chi connectivity index (χ1n) is 4.76. The summed E-state index contributed by atoms with van der Waals surface area (Å²) in [4.78, 5) is 9.32. The minimum Gasteiger partial charge on any atom is -0.231 e. The van der Waals surface area contributed by atoms with Gasteiger partial charge in [0, 0.05) is 16.8 Å². The fraction of sp³-hybridized carbons (Fsp3) is 0.0833. The number of rotatable bonds is 2. The summed E-state index contributed by atoms with van der Waals surface area (Å²) < 4.78 is 0. The average molecular weight is 227 g/mol. The van der Waals surface area contributed by atoms with E-state index in [0.717, 1.165) is 10.6 Å². The Hall–Kier alpha value is -1.86. The Bertz CT molecular complexity index is 546.